The molecule has 0 radical (unpaired) electrons. The van der Waals surface area contributed by atoms with Gasteiger partial charge in [0.15, 0.2) is 5.11 Å². The number of ether oxygens (including phenoxy) is 1. The van der Waals surface area contributed by atoms with Gasteiger partial charge in [-0.05, 0) is 36.2 Å². The Hall–Kier alpha value is -1.46. The van der Waals surface area contributed by atoms with Crippen molar-refractivity contribution in [2.45, 2.75) is 44.8 Å². The maximum Gasteiger partial charge on any atom is 0.184 e. The van der Waals surface area contributed by atoms with Gasteiger partial charge in [-0.15, -0.1) is 0 Å². The number of nitrogens with two attached hydrogens (primary N) is 1. The Labute approximate surface area is 125 Å². The van der Waals surface area contributed by atoms with Crippen molar-refractivity contribution in [1.82, 2.24) is 5.43 Å². The van der Waals surface area contributed by atoms with Gasteiger partial charge < -0.3 is 10.5 Å². The highest BCUT2D eigenvalue weighted by atomic mass is 32.1. The van der Waals surface area contributed by atoms with E-state index in [4.69, 9.17) is 10.5 Å². The zero-order valence-electron chi connectivity index (χ0n) is 11.5. The van der Waals surface area contributed by atoms with E-state index in [0.717, 1.165) is 5.56 Å². The summed E-state index contributed by atoms with van der Waals surface area (Å²) in [6.07, 6.45) is 8.50. The Morgan fingerprint density at radius 1 is 1.30 bits per heavy atom. The lowest BCUT2D eigenvalue weighted by Gasteiger charge is -2.22. The fourth-order valence-corrected chi connectivity index (χ4v) is 2.37. The third kappa shape index (κ3) is 5.27. The minimum Gasteiger partial charge on any atom is -0.375 e. The second-order valence-corrected chi connectivity index (χ2v) is 5.49. The zero-order valence-corrected chi connectivity index (χ0v) is 12.4. The Bertz CT molecular complexity index is 453. The van der Waals surface area contributed by atoms with Gasteiger partial charge in [-0.2, -0.15) is 5.10 Å². The van der Waals surface area contributed by atoms with E-state index in [1.165, 1.54) is 37.7 Å². The molecule has 1 aromatic carbocycles. The number of thiocarbonyl (C=S) groups is 1. The van der Waals surface area contributed by atoms with Crippen LogP contribution in [0.2, 0.25) is 0 Å². The second-order valence-electron chi connectivity index (χ2n) is 5.05. The van der Waals surface area contributed by atoms with Crippen molar-refractivity contribution >= 4 is 23.5 Å². The number of benzene rings is 1. The van der Waals surface area contributed by atoms with E-state index in [1.807, 2.05) is 12.1 Å². The molecule has 0 atom stereocenters. The van der Waals surface area contributed by atoms with Crippen LogP contribution in [0.1, 0.15) is 43.2 Å². The zero-order chi connectivity index (χ0) is 14.2. The first-order chi connectivity index (χ1) is 9.74. The summed E-state index contributed by atoms with van der Waals surface area (Å²) >= 11 is 4.66. The van der Waals surface area contributed by atoms with Gasteiger partial charge in [0, 0.05) is 0 Å². The summed E-state index contributed by atoms with van der Waals surface area (Å²) in [6, 6.07) is 8.13. The number of nitrogens with one attached hydrogen (secondary N) is 1. The maximum atomic E-state index is 5.94. The molecule has 4 nitrogen and oxygen atoms in total. The van der Waals surface area contributed by atoms with Crippen molar-refractivity contribution in [3.63, 3.8) is 0 Å². The van der Waals surface area contributed by atoms with Gasteiger partial charge in [0.1, 0.15) is 0 Å². The lowest BCUT2D eigenvalue weighted by atomic mass is 9.98. The molecule has 0 heterocycles. The third-order valence-corrected chi connectivity index (χ3v) is 3.50. The normalized spacial score (nSPS) is 16.4. The Kier molecular flexibility index (Phi) is 5.95. The summed E-state index contributed by atoms with van der Waals surface area (Å²) in [7, 11) is 0. The van der Waals surface area contributed by atoms with Gasteiger partial charge in [-0.1, -0.05) is 43.5 Å². The third-order valence-electron chi connectivity index (χ3n) is 3.41. The first-order valence-electron chi connectivity index (χ1n) is 7.03. The Balaban J connectivity index is 1.78. The number of hydrazone groups is 1. The molecule has 0 amide bonds. The topological polar surface area (TPSA) is 59.6 Å². The van der Waals surface area contributed by atoms with E-state index in [1.54, 1.807) is 6.21 Å². The van der Waals surface area contributed by atoms with E-state index in [0.29, 0.717) is 12.7 Å². The minimum absolute atomic E-state index is 0.166. The molecule has 0 aromatic heterocycles. The molecule has 0 aliphatic heterocycles. The van der Waals surface area contributed by atoms with Gasteiger partial charge in [0.2, 0.25) is 0 Å². The standard InChI is InChI=1S/C15H21N3OS/c16-15(20)18-17-10-12-6-8-13(9-7-12)11-19-14-4-2-1-3-5-14/h6-10,14H,1-5,11H2,(H3,16,18,20). The largest absolute Gasteiger partial charge is 0.375 e. The molecular formula is C15H21N3OS. The second kappa shape index (κ2) is 7.97. The first kappa shape index (κ1) is 14.9. The molecule has 1 fully saturated rings. The highest BCUT2D eigenvalue weighted by Crippen LogP contribution is 2.21. The van der Waals surface area contributed by atoms with Crippen molar-refractivity contribution < 1.29 is 4.74 Å². The van der Waals surface area contributed by atoms with Crippen LogP contribution >= 0.6 is 12.2 Å². The van der Waals surface area contributed by atoms with Crippen LogP contribution in [-0.4, -0.2) is 17.4 Å². The molecule has 5 heteroatoms. The Morgan fingerprint density at radius 3 is 2.65 bits per heavy atom. The summed E-state index contributed by atoms with van der Waals surface area (Å²) in [5, 5.41) is 4.08. The maximum absolute atomic E-state index is 5.94. The van der Waals surface area contributed by atoms with Gasteiger partial charge >= 0.3 is 0 Å². The lowest BCUT2D eigenvalue weighted by molar-refractivity contribution is 0.0169. The number of hydrogen-bond acceptors (Lipinski definition) is 3. The molecule has 1 aliphatic carbocycles. The minimum atomic E-state index is 0.166. The molecule has 2 rings (SSSR count). The van der Waals surface area contributed by atoms with Crippen LogP contribution in [0.3, 0.4) is 0 Å². The molecule has 108 valence electrons. The van der Waals surface area contributed by atoms with Crippen LogP contribution < -0.4 is 11.2 Å². The molecule has 0 unspecified atom stereocenters. The SMILES string of the molecule is NC(=S)NN=Cc1ccc(COC2CCCCC2)cc1. The van der Waals surface area contributed by atoms with Gasteiger partial charge in [-0.25, -0.2) is 0 Å². The predicted octanol–water partition coefficient (Wildman–Crippen LogP) is 2.70. The summed E-state index contributed by atoms with van der Waals surface area (Å²) in [5.74, 6) is 0. The molecule has 0 bridgehead atoms. The smallest absolute Gasteiger partial charge is 0.184 e. The molecule has 1 aromatic rings. The van der Waals surface area contributed by atoms with E-state index in [9.17, 15) is 0 Å². The average molecular weight is 291 g/mol. The lowest BCUT2D eigenvalue weighted by Crippen LogP contribution is -2.23. The summed E-state index contributed by atoms with van der Waals surface area (Å²) in [6.45, 7) is 0.688. The van der Waals surface area contributed by atoms with Crippen LogP contribution in [-0.2, 0) is 11.3 Å². The highest BCUT2D eigenvalue weighted by molar-refractivity contribution is 7.80. The molecule has 0 saturated heterocycles. The van der Waals surface area contributed by atoms with E-state index in [2.05, 4.69) is 34.9 Å². The number of hydrogen-bond donors (Lipinski definition) is 2. The molecule has 3 N–H and O–H groups in total. The van der Waals surface area contributed by atoms with Crippen molar-refractivity contribution in [2.24, 2.45) is 10.8 Å². The van der Waals surface area contributed by atoms with Crippen LogP contribution in [0, 0.1) is 0 Å². The van der Waals surface area contributed by atoms with Crippen LogP contribution in [0.15, 0.2) is 29.4 Å². The van der Waals surface area contributed by atoms with Crippen molar-refractivity contribution in [2.75, 3.05) is 0 Å². The molecule has 1 saturated carbocycles. The monoisotopic (exact) mass is 291 g/mol. The van der Waals surface area contributed by atoms with Crippen LogP contribution in [0.25, 0.3) is 0 Å². The Morgan fingerprint density at radius 2 is 2.00 bits per heavy atom. The van der Waals surface area contributed by atoms with E-state index >= 15 is 0 Å². The molecule has 0 spiro atoms. The fraction of sp³-hybridized carbons (Fsp3) is 0.467. The number of rotatable bonds is 5. The van der Waals surface area contributed by atoms with Gasteiger partial charge in [0.05, 0.1) is 18.9 Å². The van der Waals surface area contributed by atoms with Crippen molar-refractivity contribution in [3.8, 4) is 0 Å². The van der Waals surface area contributed by atoms with Gasteiger partial charge in [-0.3, -0.25) is 5.43 Å². The molecule has 20 heavy (non-hydrogen) atoms. The van der Waals surface area contributed by atoms with E-state index < -0.39 is 0 Å². The molecule has 1 aliphatic rings. The highest BCUT2D eigenvalue weighted by Gasteiger charge is 2.13. The summed E-state index contributed by atoms with van der Waals surface area (Å²) in [5.41, 5.74) is 10.00. The van der Waals surface area contributed by atoms with E-state index in [-0.39, 0.29) is 5.11 Å². The quantitative estimate of drug-likeness (QED) is 0.497. The van der Waals surface area contributed by atoms with Crippen molar-refractivity contribution in [1.29, 1.82) is 0 Å². The summed E-state index contributed by atoms with van der Waals surface area (Å²) < 4.78 is 5.94. The summed E-state index contributed by atoms with van der Waals surface area (Å²) in [4.78, 5) is 0. The molecular weight excluding hydrogens is 270 g/mol. The van der Waals surface area contributed by atoms with Crippen molar-refractivity contribution in [3.05, 3.63) is 35.4 Å². The van der Waals surface area contributed by atoms with Crippen LogP contribution in [0.5, 0.6) is 0 Å². The average Bonchev–Trinajstić information content (AvgIpc) is 2.47. The first-order valence-corrected chi connectivity index (χ1v) is 7.44. The number of nitrogens with zero attached hydrogens (tertiary/aromatic N) is 1. The van der Waals surface area contributed by atoms with Gasteiger partial charge in [0.25, 0.3) is 0 Å². The fourth-order valence-electron chi connectivity index (χ4n) is 2.32. The predicted molar refractivity (Wildman–Crippen MR) is 85.6 cm³/mol. The van der Waals surface area contributed by atoms with Crippen LogP contribution in [0.4, 0.5) is 0 Å².